The van der Waals surface area contributed by atoms with Crippen LogP contribution in [0.5, 0.6) is 0 Å². The van der Waals surface area contributed by atoms with Gasteiger partial charge in [-0.15, -0.1) is 0 Å². The van der Waals surface area contributed by atoms with E-state index in [2.05, 4.69) is 19.9 Å². The van der Waals surface area contributed by atoms with Gasteiger partial charge < -0.3 is 0 Å². The SMILES string of the molecule is CCCCCCCCCCC1(C#N)CCC1C. The fourth-order valence-electron chi connectivity index (χ4n) is 2.95. The zero-order valence-electron chi connectivity index (χ0n) is 11.8. The van der Waals surface area contributed by atoms with Gasteiger partial charge in [0, 0.05) is 0 Å². The minimum absolute atomic E-state index is 0.0716. The third-order valence-corrected chi connectivity index (χ3v) is 4.67. The molecule has 1 fully saturated rings. The summed E-state index contributed by atoms with van der Waals surface area (Å²) in [4.78, 5) is 0. The van der Waals surface area contributed by atoms with Crippen LogP contribution in [0.4, 0.5) is 0 Å². The molecular formula is C16H29N. The van der Waals surface area contributed by atoms with Gasteiger partial charge in [-0.3, -0.25) is 0 Å². The van der Waals surface area contributed by atoms with Crippen molar-refractivity contribution in [3.63, 3.8) is 0 Å². The highest BCUT2D eigenvalue weighted by Gasteiger charge is 2.43. The minimum Gasteiger partial charge on any atom is -0.198 e. The van der Waals surface area contributed by atoms with E-state index in [0.717, 1.165) is 12.8 Å². The Bertz CT molecular complexity index is 240. The van der Waals surface area contributed by atoms with E-state index >= 15 is 0 Å². The molecule has 98 valence electrons. The second-order valence-electron chi connectivity index (χ2n) is 5.93. The summed E-state index contributed by atoms with van der Waals surface area (Å²) in [6.07, 6.45) is 14.5. The maximum absolute atomic E-state index is 9.26. The van der Waals surface area contributed by atoms with Gasteiger partial charge >= 0.3 is 0 Å². The van der Waals surface area contributed by atoms with Gasteiger partial charge in [-0.2, -0.15) is 5.26 Å². The molecule has 2 atom stereocenters. The number of rotatable bonds is 9. The number of hydrogen-bond acceptors (Lipinski definition) is 1. The van der Waals surface area contributed by atoms with E-state index in [1.165, 1.54) is 57.8 Å². The van der Waals surface area contributed by atoms with Crippen molar-refractivity contribution >= 4 is 0 Å². The molecule has 0 amide bonds. The van der Waals surface area contributed by atoms with Crippen molar-refractivity contribution in [2.75, 3.05) is 0 Å². The fourth-order valence-corrected chi connectivity index (χ4v) is 2.95. The zero-order chi connectivity index (χ0) is 12.6. The summed E-state index contributed by atoms with van der Waals surface area (Å²) in [7, 11) is 0. The molecule has 17 heavy (non-hydrogen) atoms. The molecule has 0 aromatic carbocycles. The van der Waals surface area contributed by atoms with Crippen LogP contribution in [0.3, 0.4) is 0 Å². The number of unbranched alkanes of at least 4 members (excludes halogenated alkanes) is 7. The van der Waals surface area contributed by atoms with E-state index < -0.39 is 0 Å². The third kappa shape index (κ3) is 4.34. The van der Waals surface area contributed by atoms with Gasteiger partial charge in [-0.05, 0) is 25.2 Å². The van der Waals surface area contributed by atoms with E-state index in [0.29, 0.717) is 5.92 Å². The van der Waals surface area contributed by atoms with Crippen LogP contribution in [-0.2, 0) is 0 Å². The molecule has 0 radical (unpaired) electrons. The van der Waals surface area contributed by atoms with Crippen LogP contribution in [0.25, 0.3) is 0 Å². The molecule has 0 heterocycles. The fraction of sp³-hybridized carbons (Fsp3) is 0.938. The quantitative estimate of drug-likeness (QED) is 0.487. The molecule has 1 aliphatic carbocycles. The molecule has 1 nitrogen and oxygen atoms in total. The molecule has 1 rings (SSSR count). The summed E-state index contributed by atoms with van der Waals surface area (Å²) in [5, 5.41) is 9.26. The summed E-state index contributed by atoms with van der Waals surface area (Å²) < 4.78 is 0. The Morgan fingerprint density at radius 2 is 1.65 bits per heavy atom. The van der Waals surface area contributed by atoms with Crippen LogP contribution in [-0.4, -0.2) is 0 Å². The Hall–Kier alpha value is -0.510. The second-order valence-corrected chi connectivity index (χ2v) is 5.93. The van der Waals surface area contributed by atoms with Crippen molar-refractivity contribution in [3.8, 4) is 6.07 Å². The molecule has 0 aromatic rings. The van der Waals surface area contributed by atoms with Crippen molar-refractivity contribution < 1.29 is 0 Å². The van der Waals surface area contributed by atoms with Crippen LogP contribution in [0.2, 0.25) is 0 Å². The summed E-state index contributed by atoms with van der Waals surface area (Å²) in [5.41, 5.74) is 0.0716. The second kappa shape index (κ2) is 7.75. The maximum Gasteiger partial charge on any atom is 0.0692 e. The van der Waals surface area contributed by atoms with Crippen molar-refractivity contribution in [2.45, 2.75) is 84.5 Å². The van der Waals surface area contributed by atoms with Crippen molar-refractivity contribution in [3.05, 3.63) is 0 Å². The number of nitrogens with zero attached hydrogens (tertiary/aromatic N) is 1. The Kier molecular flexibility index (Phi) is 6.63. The predicted molar refractivity (Wildman–Crippen MR) is 73.7 cm³/mol. The van der Waals surface area contributed by atoms with Gasteiger partial charge in [0.05, 0.1) is 11.5 Å². The highest BCUT2D eigenvalue weighted by molar-refractivity contribution is 5.08. The molecule has 1 aliphatic rings. The molecule has 0 spiro atoms. The van der Waals surface area contributed by atoms with Gasteiger partial charge in [0.1, 0.15) is 0 Å². The Morgan fingerprint density at radius 3 is 2.06 bits per heavy atom. The molecule has 2 unspecified atom stereocenters. The topological polar surface area (TPSA) is 23.8 Å². The lowest BCUT2D eigenvalue weighted by Gasteiger charge is -2.42. The Labute approximate surface area is 108 Å². The first-order valence-electron chi connectivity index (χ1n) is 7.66. The summed E-state index contributed by atoms with van der Waals surface area (Å²) in [6.45, 7) is 4.51. The van der Waals surface area contributed by atoms with Gasteiger partial charge in [0.15, 0.2) is 0 Å². The molecule has 1 saturated carbocycles. The van der Waals surface area contributed by atoms with Gasteiger partial charge in [0.2, 0.25) is 0 Å². The first kappa shape index (κ1) is 14.6. The smallest absolute Gasteiger partial charge is 0.0692 e. The van der Waals surface area contributed by atoms with E-state index in [1.807, 2.05) is 0 Å². The summed E-state index contributed by atoms with van der Waals surface area (Å²) in [6, 6.07) is 2.58. The molecule has 0 aliphatic heterocycles. The minimum atomic E-state index is 0.0716. The third-order valence-electron chi connectivity index (χ3n) is 4.67. The lowest BCUT2D eigenvalue weighted by Crippen LogP contribution is -2.36. The molecule has 0 saturated heterocycles. The number of hydrogen-bond donors (Lipinski definition) is 0. The van der Waals surface area contributed by atoms with E-state index in [4.69, 9.17) is 0 Å². The Morgan fingerprint density at radius 1 is 1.06 bits per heavy atom. The highest BCUT2D eigenvalue weighted by Crippen LogP contribution is 2.49. The van der Waals surface area contributed by atoms with Crippen molar-refractivity contribution in [1.82, 2.24) is 0 Å². The summed E-state index contributed by atoms with van der Waals surface area (Å²) >= 11 is 0. The van der Waals surface area contributed by atoms with Crippen molar-refractivity contribution in [1.29, 1.82) is 5.26 Å². The van der Waals surface area contributed by atoms with Crippen LogP contribution < -0.4 is 0 Å². The average molecular weight is 235 g/mol. The standard InChI is InChI=1S/C16H29N/c1-3-4-5-6-7-8-9-10-12-16(14-17)13-11-15(16)2/h15H,3-13H2,1-2H3. The van der Waals surface area contributed by atoms with Crippen LogP contribution in [0.1, 0.15) is 84.5 Å². The van der Waals surface area contributed by atoms with Crippen molar-refractivity contribution in [2.24, 2.45) is 11.3 Å². The van der Waals surface area contributed by atoms with Crippen LogP contribution >= 0.6 is 0 Å². The van der Waals surface area contributed by atoms with Crippen LogP contribution in [0, 0.1) is 22.7 Å². The lowest BCUT2D eigenvalue weighted by atomic mass is 9.59. The van der Waals surface area contributed by atoms with Gasteiger partial charge in [-0.25, -0.2) is 0 Å². The largest absolute Gasteiger partial charge is 0.198 e. The van der Waals surface area contributed by atoms with Crippen LogP contribution in [0.15, 0.2) is 0 Å². The molecular weight excluding hydrogens is 206 g/mol. The predicted octanol–water partition coefficient (Wildman–Crippen LogP) is 5.46. The summed E-state index contributed by atoms with van der Waals surface area (Å²) in [5.74, 6) is 0.650. The highest BCUT2D eigenvalue weighted by atomic mass is 14.5. The molecule has 0 aromatic heterocycles. The Balaban J connectivity index is 1.96. The number of nitriles is 1. The van der Waals surface area contributed by atoms with E-state index in [-0.39, 0.29) is 5.41 Å². The monoisotopic (exact) mass is 235 g/mol. The first-order chi connectivity index (χ1) is 8.25. The van der Waals surface area contributed by atoms with Gasteiger partial charge in [0.25, 0.3) is 0 Å². The van der Waals surface area contributed by atoms with E-state index in [9.17, 15) is 5.26 Å². The van der Waals surface area contributed by atoms with E-state index in [1.54, 1.807) is 0 Å². The lowest BCUT2D eigenvalue weighted by molar-refractivity contribution is 0.0953. The first-order valence-corrected chi connectivity index (χ1v) is 7.66. The van der Waals surface area contributed by atoms with Gasteiger partial charge in [-0.1, -0.05) is 65.2 Å². The molecule has 0 N–H and O–H groups in total. The molecule has 1 heteroatoms. The zero-order valence-corrected chi connectivity index (χ0v) is 11.8. The normalized spacial score (nSPS) is 27.5. The maximum atomic E-state index is 9.26. The molecule has 0 bridgehead atoms. The average Bonchev–Trinajstić information content (AvgIpc) is 2.35.